The zero-order valence-corrected chi connectivity index (χ0v) is 9.56. The molecule has 2 N–H and O–H groups in total. The van der Waals surface area contributed by atoms with Crippen LogP contribution >= 0.6 is 0 Å². The third kappa shape index (κ3) is 1.55. The molecule has 3 rings (SSSR count). The summed E-state index contributed by atoms with van der Waals surface area (Å²) in [4.78, 5) is 4.48. The van der Waals surface area contributed by atoms with Crippen molar-refractivity contribution in [3.63, 3.8) is 0 Å². The van der Waals surface area contributed by atoms with Crippen molar-refractivity contribution < 1.29 is 0 Å². The van der Waals surface area contributed by atoms with Gasteiger partial charge in [0.15, 0.2) is 5.69 Å². The van der Waals surface area contributed by atoms with Crippen LogP contribution in [0.4, 0.5) is 5.69 Å². The lowest BCUT2D eigenvalue weighted by atomic mass is 10.1. The number of hydrogen-bond donors (Lipinski definition) is 1. The summed E-state index contributed by atoms with van der Waals surface area (Å²) in [5.41, 5.74) is 7.89. The first-order chi connectivity index (χ1) is 8.29. The number of fused-ring (bicyclic) bond motifs is 1. The van der Waals surface area contributed by atoms with Crippen molar-refractivity contribution in [2.75, 3.05) is 5.73 Å². The van der Waals surface area contributed by atoms with Crippen LogP contribution < -0.4 is 5.73 Å². The van der Waals surface area contributed by atoms with Gasteiger partial charge in [0.2, 0.25) is 0 Å². The van der Waals surface area contributed by atoms with E-state index in [2.05, 4.69) is 11.1 Å². The Labute approximate surface area is 99.7 Å². The van der Waals surface area contributed by atoms with E-state index in [0.717, 1.165) is 11.3 Å². The average molecular weight is 226 g/mol. The van der Waals surface area contributed by atoms with Crippen LogP contribution in [0.1, 0.15) is 43.1 Å². The minimum atomic E-state index is 0.478. The third-order valence-corrected chi connectivity index (χ3v) is 3.51. The fraction of sp³-hybridized carbons (Fsp3) is 0.385. The molecule has 1 saturated carbocycles. The van der Waals surface area contributed by atoms with Crippen molar-refractivity contribution >= 4 is 11.2 Å². The number of anilines is 1. The Kier molecular flexibility index (Phi) is 2.25. The van der Waals surface area contributed by atoms with Crippen LogP contribution in [-0.4, -0.2) is 9.38 Å². The molecular weight excluding hydrogens is 212 g/mol. The van der Waals surface area contributed by atoms with Gasteiger partial charge in [-0.15, -0.1) is 0 Å². The van der Waals surface area contributed by atoms with Gasteiger partial charge < -0.3 is 10.1 Å². The summed E-state index contributed by atoms with van der Waals surface area (Å²) in [6.45, 7) is 0. The number of imidazole rings is 1. The molecule has 0 atom stereocenters. The molecule has 0 saturated heterocycles. The largest absolute Gasteiger partial charge is 0.398 e. The third-order valence-electron chi connectivity index (χ3n) is 3.51. The summed E-state index contributed by atoms with van der Waals surface area (Å²) in [5.74, 6) is 1.48. The highest BCUT2D eigenvalue weighted by atomic mass is 15.0. The van der Waals surface area contributed by atoms with Gasteiger partial charge in [-0.3, -0.25) is 0 Å². The van der Waals surface area contributed by atoms with Gasteiger partial charge in [0.05, 0.1) is 5.52 Å². The molecule has 1 aliphatic rings. The number of nitrogens with zero attached hydrogens (tertiary/aromatic N) is 3. The first-order valence-corrected chi connectivity index (χ1v) is 5.97. The molecule has 2 aromatic heterocycles. The molecule has 2 aromatic rings. The second-order valence-electron chi connectivity index (χ2n) is 4.63. The molecule has 1 aliphatic carbocycles. The lowest BCUT2D eigenvalue weighted by Gasteiger charge is -2.07. The number of nitrogens with two attached hydrogens (primary N) is 1. The predicted octanol–water partition coefficient (Wildman–Crippen LogP) is 2.45. The molecular formula is C13H14N4. The molecule has 0 aromatic carbocycles. The monoisotopic (exact) mass is 226 g/mol. The Bertz CT molecular complexity index is 600. The van der Waals surface area contributed by atoms with Crippen LogP contribution in [0.3, 0.4) is 0 Å². The second-order valence-corrected chi connectivity index (χ2v) is 4.63. The highest BCUT2D eigenvalue weighted by molar-refractivity contribution is 5.61. The van der Waals surface area contributed by atoms with Gasteiger partial charge in [0, 0.05) is 17.8 Å². The van der Waals surface area contributed by atoms with Crippen molar-refractivity contribution in [2.24, 2.45) is 0 Å². The molecule has 0 radical (unpaired) electrons. The van der Waals surface area contributed by atoms with Gasteiger partial charge in [-0.25, -0.2) is 4.98 Å². The van der Waals surface area contributed by atoms with E-state index >= 15 is 0 Å². The number of nitriles is 1. The maximum absolute atomic E-state index is 9.10. The van der Waals surface area contributed by atoms with Crippen molar-refractivity contribution in [3.05, 3.63) is 29.8 Å². The SMILES string of the molecule is N#Cc1nc(C2CCCC2)n2cc(N)ccc12. The van der Waals surface area contributed by atoms with Gasteiger partial charge in [0.1, 0.15) is 11.9 Å². The minimum absolute atomic E-state index is 0.478. The molecule has 0 aliphatic heterocycles. The fourth-order valence-corrected chi connectivity index (χ4v) is 2.68. The van der Waals surface area contributed by atoms with Crippen LogP contribution in [0.15, 0.2) is 18.3 Å². The van der Waals surface area contributed by atoms with Gasteiger partial charge in [0.25, 0.3) is 0 Å². The van der Waals surface area contributed by atoms with Crippen LogP contribution in [0.5, 0.6) is 0 Å². The Hall–Kier alpha value is -2.02. The van der Waals surface area contributed by atoms with E-state index < -0.39 is 0 Å². The molecule has 0 bridgehead atoms. The quantitative estimate of drug-likeness (QED) is 0.812. The van der Waals surface area contributed by atoms with Crippen molar-refractivity contribution in [1.29, 1.82) is 5.26 Å². The number of rotatable bonds is 1. The lowest BCUT2D eigenvalue weighted by Crippen LogP contribution is -2.01. The molecule has 1 fully saturated rings. The number of pyridine rings is 1. The maximum Gasteiger partial charge on any atom is 0.166 e. The summed E-state index contributed by atoms with van der Waals surface area (Å²) in [7, 11) is 0. The number of aromatic nitrogens is 2. The summed E-state index contributed by atoms with van der Waals surface area (Å²) >= 11 is 0. The Morgan fingerprint density at radius 2 is 2.12 bits per heavy atom. The predicted molar refractivity (Wildman–Crippen MR) is 65.5 cm³/mol. The minimum Gasteiger partial charge on any atom is -0.398 e. The van der Waals surface area contributed by atoms with Crippen molar-refractivity contribution in [2.45, 2.75) is 31.6 Å². The van der Waals surface area contributed by atoms with Crippen molar-refractivity contribution in [3.8, 4) is 6.07 Å². The van der Waals surface area contributed by atoms with Gasteiger partial charge in [-0.1, -0.05) is 12.8 Å². The lowest BCUT2D eigenvalue weighted by molar-refractivity contribution is 0.665. The highest BCUT2D eigenvalue weighted by Crippen LogP contribution is 2.34. The summed E-state index contributed by atoms with van der Waals surface area (Å²) in [6, 6.07) is 5.85. The summed E-state index contributed by atoms with van der Waals surface area (Å²) in [5, 5.41) is 9.10. The van der Waals surface area contributed by atoms with E-state index in [4.69, 9.17) is 11.0 Å². The standard InChI is InChI=1S/C13H14N4/c14-7-11-12-6-5-10(15)8-17(12)13(16-11)9-3-1-2-4-9/h5-6,8-9H,1-4,15H2. The van der Waals surface area contributed by atoms with E-state index in [0.29, 0.717) is 17.3 Å². The normalized spacial score (nSPS) is 16.4. The highest BCUT2D eigenvalue weighted by Gasteiger charge is 2.23. The van der Waals surface area contributed by atoms with Crippen LogP contribution in [0.25, 0.3) is 5.52 Å². The zero-order valence-electron chi connectivity index (χ0n) is 9.56. The summed E-state index contributed by atoms with van der Waals surface area (Å²) in [6.07, 6.45) is 6.71. The molecule has 86 valence electrons. The Balaban J connectivity index is 2.23. The van der Waals surface area contributed by atoms with E-state index in [-0.39, 0.29) is 0 Å². The van der Waals surface area contributed by atoms with Crippen LogP contribution in [-0.2, 0) is 0 Å². The summed E-state index contributed by atoms with van der Waals surface area (Å²) < 4.78 is 1.99. The molecule has 17 heavy (non-hydrogen) atoms. The Morgan fingerprint density at radius 3 is 2.82 bits per heavy atom. The molecule has 0 amide bonds. The molecule has 4 nitrogen and oxygen atoms in total. The maximum atomic E-state index is 9.10. The molecule has 4 heteroatoms. The zero-order chi connectivity index (χ0) is 11.8. The fourth-order valence-electron chi connectivity index (χ4n) is 2.68. The number of hydrogen-bond acceptors (Lipinski definition) is 3. The van der Waals surface area contributed by atoms with E-state index in [1.807, 2.05) is 22.7 Å². The first-order valence-electron chi connectivity index (χ1n) is 5.97. The molecule has 0 spiro atoms. The van der Waals surface area contributed by atoms with Gasteiger partial charge >= 0.3 is 0 Å². The van der Waals surface area contributed by atoms with E-state index in [1.54, 1.807) is 0 Å². The van der Waals surface area contributed by atoms with Gasteiger partial charge in [-0.2, -0.15) is 5.26 Å². The first kappa shape index (κ1) is 10.2. The molecule has 0 unspecified atom stereocenters. The van der Waals surface area contributed by atoms with Crippen LogP contribution in [0, 0.1) is 11.3 Å². The smallest absolute Gasteiger partial charge is 0.166 e. The number of nitrogen functional groups attached to an aromatic ring is 1. The van der Waals surface area contributed by atoms with E-state index in [1.165, 1.54) is 25.7 Å². The average Bonchev–Trinajstić information content (AvgIpc) is 2.94. The topological polar surface area (TPSA) is 67.1 Å². The van der Waals surface area contributed by atoms with Crippen molar-refractivity contribution in [1.82, 2.24) is 9.38 Å². The molecule has 2 heterocycles. The Morgan fingerprint density at radius 1 is 1.35 bits per heavy atom. The second kappa shape index (κ2) is 3.77. The van der Waals surface area contributed by atoms with E-state index in [9.17, 15) is 0 Å². The van der Waals surface area contributed by atoms with Gasteiger partial charge in [-0.05, 0) is 25.0 Å². The van der Waals surface area contributed by atoms with Crippen LogP contribution in [0.2, 0.25) is 0 Å².